The Kier molecular flexibility index (Phi) is 4.27. The third-order valence-electron chi connectivity index (χ3n) is 5.47. The summed E-state index contributed by atoms with van der Waals surface area (Å²) >= 11 is 12.6. The molecule has 3 aliphatic rings. The lowest BCUT2D eigenvalue weighted by atomic mass is 10.1. The maximum Gasteiger partial charge on any atom is 0.415 e. The van der Waals surface area contributed by atoms with Crippen molar-refractivity contribution in [2.75, 3.05) is 19.0 Å². The topological polar surface area (TPSA) is 81.4 Å². The Morgan fingerprint density at radius 2 is 1.71 bits per heavy atom. The van der Waals surface area contributed by atoms with Gasteiger partial charge in [-0.15, -0.1) is 0 Å². The van der Waals surface area contributed by atoms with E-state index in [1.54, 1.807) is 60.6 Å². The predicted molar refractivity (Wildman–Crippen MR) is 119 cm³/mol. The highest BCUT2D eigenvalue weighted by Crippen LogP contribution is 2.39. The van der Waals surface area contributed by atoms with Crippen molar-refractivity contribution in [1.29, 1.82) is 0 Å². The van der Waals surface area contributed by atoms with Gasteiger partial charge in [0.15, 0.2) is 0 Å². The molecule has 0 aromatic heterocycles. The van der Waals surface area contributed by atoms with E-state index in [1.165, 1.54) is 11.9 Å². The lowest BCUT2D eigenvalue weighted by molar-refractivity contribution is -0.130. The second kappa shape index (κ2) is 6.78. The first-order valence-electron chi connectivity index (χ1n) is 9.33. The molecular formula is C21H16Cl2N5O3+. The Bertz CT molecular complexity index is 1250. The fourth-order valence-corrected chi connectivity index (χ4v) is 4.39. The second-order valence-electron chi connectivity index (χ2n) is 7.31. The van der Waals surface area contributed by atoms with Crippen LogP contribution in [0.5, 0.6) is 5.75 Å². The Morgan fingerprint density at radius 1 is 1.00 bits per heavy atom. The maximum absolute atomic E-state index is 13.0. The number of hydrogen-bond donors (Lipinski definition) is 1. The van der Waals surface area contributed by atoms with Crippen LogP contribution in [0.1, 0.15) is 5.56 Å². The van der Waals surface area contributed by atoms with Crippen LogP contribution in [0.4, 0.5) is 10.5 Å². The molecule has 10 heteroatoms. The highest BCUT2D eigenvalue weighted by Gasteiger charge is 2.58. The molecule has 1 N–H and O–H groups in total. The van der Waals surface area contributed by atoms with Crippen molar-refractivity contribution in [3.05, 3.63) is 64.3 Å². The summed E-state index contributed by atoms with van der Waals surface area (Å²) in [6.45, 7) is 0. The van der Waals surface area contributed by atoms with Gasteiger partial charge in [-0.05, 0) is 42.5 Å². The number of fused-ring (bicyclic) bond motifs is 3. The zero-order valence-electron chi connectivity index (χ0n) is 16.5. The van der Waals surface area contributed by atoms with Gasteiger partial charge in [0.05, 0.1) is 24.0 Å². The monoisotopic (exact) mass is 456 g/mol. The van der Waals surface area contributed by atoms with Gasteiger partial charge in [-0.2, -0.15) is 0 Å². The molecule has 8 nitrogen and oxygen atoms in total. The van der Waals surface area contributed by atoms with Crippen molar-refractivity contribution >= 4 is 58.3 Å². The summed E-state index contributed by atoms with van der Waals surface area (Å²) in [4.78, 5) is 31.4. The lowest BCUT2D eigenvalue weighted by Gasteiger charge is -2.30. The van der Waals surface area contributed by atoms with E-state index in [4.69, 9.17) is 23.2 Å². The average Bonchev–Trinajstić information content (AvgIpc) is 3.28. The number of carbonyl (C=O) groups excluding carboxylic acids is 2. The number of nitrogens with zero attached hydrogens (tertiary/aromatic N) is 5. The van der Waals surface area contributed by atoms with Crippen molar-refractivity contribution in [1.82, 2.24) is 19.4 Å². The molecule has 1 unspecified atom stereocenters. The van der Waals surface area contributed by atoms with Gasteiger partial charge in [0.2, 0.25) is 6.04 Å². The molecule has 0 saturated carbocycles. The third kappa shape index (κ3) is 2.80. The Morgan fingerprint density at radius 3 is 2.39 bits per heavy atom. The van der Waals surface area contributed by atoms with E-state index >= 15 is 0 Å². The molecule has 0 radical (unpaired) electrons. The summed E-state index contributed by atoms with van der Waals surface area (Å²) in [6.07, 6.45) is 1.79. The standard InChI is InChI=1S/C21H15Cl2N5O3/c1-25-18-17(19(30)26(2)21(25)31)27-10-16(14-8-3-11(22)9-15(14)23)28(20(27)24-18)12-4-6-13(29)7-5-12/h3-10,17H,1-2H3/p+1. The van der Waals surface area contributed by atoms with Crippen LogP contribution < -0.4 is 9.57 Å². The maximum atomic E-state index is 13.0. The molecule has 3 amide bonds. The van der Waals surface area contributed by atoms with Gasteiger partial charge in [0.1, 0.15) is 11.4 Å². The van der Waals surface area contributed by atoms with E-state index in [0.717, 1.165) is 4.90 Å². The van der Waals surface area contributed by atoms with Crippen LogP contribution >= 0.6 is 23.2 Å². The van der Waals surface area contributed by atoms with Gasteiger partial charge in [-0.3, -0.25) is 9.69 Å². The number of likely N-dealkylation sites (N-methyl/N-ethyl adjacent to an activating group) is 2. The number of phenols is 1. The fraction of sp³-hybridized carbons (Fsp3) is 0.143. The number of phenolic OH excluding ortho intramolecular Hbond substituents is 1. The number of rotatable bonds is 2. The van der Waals surface area contributed by atoms with Crippen molar-refractivity contribution in [2.24, 2.45) is 0 Å². The molecule has 1 saturated heterocycles. The van der Waals surface area contributed by atoms with E-state index < -0.39 is 12.1 Å². The Labute approximate surface area is 187 Å². The quantitative estimate of drug-likeness (QED) is 0.702. The number of halogens is 2. The van der Waals surface area contributed by atoms with Gasteiger partial charge >= 0.3 is 17.8 Å². The van der Waals surface area contributed by atoms with Crippen LogP contribution in [0.15, 0.2) is 48.7 Å². The molecule has 3 heterocycles. The van der Waals surface area contributed by atoms with Gasteiger partial charge in [-0.25, -0.2) is 24.2 Å². The smallest absolute Gasteiger partial charge is 0.415 e. The van der Waals surface area contributed by atoms with Crippen LogP contribution in [0.25, 0.3) is 5.70 Å². The number of aromatic hydroxyl groups is 1. The second-order valence-corrected chi connectivity index (χ2v) is 8.15. The van der Waals surface area contributed by atoms with E-state index in [1.807, 2.05) is 4.90 Å². The Balaban J connectivity index is 1.71. The molecule has 5 rings (SSSR count). The first-order valence-corrected chi connectivity index (χ1v) is 10.1. The van der Waals surface area contributed by atoms with Crippen molar-refractivity contribution in [3.8, 4) is 5.75 Å². The normalized spacial score (nSPS) is 20.0. The molecule has 1 atom stereocenters. The number of hydrogen-bond acceptors (Lipinski definition) is 5. The molecule has 31 heavy (non-hydrogen) atoms. The van der Waals surface area contributed by atoms with Crippen molar-refractivity contribution in [3.63, 3.8) is 0 Å². The lowest BCUT2D eigenvalue weighted by Crippen LogP contribution is -2.62. The average molecular weight is 457 g/mol. The van der Waals surface area contributed by atoms with Crippen molar-refractivity contribution < 1.29 is 14.7 Å². The molecule has 3 aliphatic heterocycles. The highest BCUT2D eigenvalue weighted by molar-refractivity contribution is 6.36. The van der Waals surface area contributed by atoms with Crippen LogP contribution in [0.3, 0.4) is 0 Å². The number of urea groups is 1. The molecule has 0 spiro atoms. The van der Waals surface area contributed by atoms with Gasteiger partial charge in [0, 0.05) is 17.6 Å². The van der Waals surface area contributed by atoms with E-state index in [9.17, 15) is 14.7 Å². The minimum atomic E-state index is -0.772. The zero-order chi connectivity index (χ0) is 22.0. The largest absolute Gasteiger partial charge is 0.508 e. The summed E-state index contributed by atoms with van der Waals surface area (Å²) in [6, 6.07) is 10.5. The molecule has 156 valence electrons. The Hall–Kier alpha value is -3.45. The van der Waals surface area contributed by atoms with Gasteiger partial charge in [0.25, 0.3) is 5.91 Å². The molecule has 2 aromatic carbocycles. The first-order chi connectivity index (χ1) is 14.8. The van der Waals surface area contributed by atoms with E-state index in [0.29, 0.717) is 38.8 Å². The summed E-state index contributed by atoms with van der Waals surface area (Å²) < 4.78 is 4.65. The van der Waals surface area contributed by atoms with E-state index in [2.05, 4.69) is 4.67 Å². The minimum absolute atomic E-state index is 0.119. The van der Waals surface area contributed by atoms with Crippen molar-refractivity contribution in [2.45, 2.75) is 6.04 Å². The number of amidine groups is 1. The summed E-state index contributed by atoms with van der Waals surface area (Å²) in [5, 5.41) is 10.7. The first kappa shape index (κ1) is 19.5. The number of anilines is 1. The fourth-order valence-electron chi connectivity index (χ4n) is 3.89. The van der Waals surface area contributed by atoms with Crippen LogP contribution in [0, 0.1) is 0 Å². The van der Waals surface area contributed by atoms with E-state index in [-0.39, 0.29) is 11.7 Å². The SMILES string of the molecule is CN1C(=O)C2C(=[N+]=C3N(c4ccc(O)cc4)C(c4ccc(Cl)cc4Cl)=CN32)N(C)C1=O. The molecular weight excluding hydrogens is 441 g/mol. The van der Waals surface area contributed by atoms with Crippen LogP contribution in [-0.4, -0.2) is 63.7 Å². The predicted octanol–water partition coefficient (Wildman–Crippen LogP) is 2.55. The summed E-state index contributed by atoms with van der Waals surface area (Å²) in [5.74, 6) is 0.551. The number of guanidine groups is 1. The number of carbonyl (C=O) groups is 2. The highest BCUT2D eigenvalue weighted by atomic mass is 35.5. The number of imide groups is 1. The minimum Gasteiger partial charge on any atom is -0.508 e. The molecule has 0 bridgehead atoms. The van der Waals surface area contributed by atoms with Gasteiger partial charge in [-0.1, -0.05) is 23.2 Å². The zero-order valence-corrected chi connectivity index (χ0v) is 18.0. The molecule has 1 fully saturated rings. The number of benzene rings is 2. The van der Waals surface area contributed by atoms with Crippen LogP contribution in [0.2, 0.25) is 10.0 Å². The van der Waals surface area contributed by atoms with Gasteiger partial charge < -0.3 is 5.11 Å². The van der Waals surface area contributed by atoms with Crippen LogP contribution in [-0.2, 0) is 4.79 Å². The summed E-state index contributed by atoms with van der Waals surface area (Å²) in [5.41, 5.74) is 2.07. The number of amides is 3. The molecule has 0 aliphatic carbocycles. The third-order valence-corrected chi connectivity index (χ3v) is 6.02. The summed E-state index contributed by atoms with van der Waals surface area (Å²) in [7, 11) is 3.04. The molecule has 2 aromatic rings.